The molecule has 3 aromatic rings. The lowest BCUT2D eigenvalue weighted by Crippen LogP contribution is -2.16. The monoisotopic (exact) mass is 406 g/mol. The standard InChI is InChI=1S/C18H13F3N4O2S/c1-24(12-6-5-7-13(10-12)25(26)27)17-22-11-15(18(19,20)21)16(23-17)28-14-8-3-2-4-9-14/h2-11H,1H3. The number of rotatable bonds is 5. The van der Waals surface area contributed by atoms with Gasteiger partial charge in [0.1, 0.15) is 10.6 Å². The van der Waals surface area contributed by atoms with Crippen LogP contribution in [0.5, 0.6) is 0 Å². The molecule has 0 fully saturated rings. The highest BCUT2D eigenvalue weighted by Crippen LogP contribution is 2.39. The van der Waals surface area contributed by atoms with Crippen LogP contribution in [-0.4, -0.2) is 21.9 Å². The third-order valence-electron chi connectivity index (χ3n) is 3.73. The molecule has 0 bridgehead atoms. The molecule has 0 aliphatic rings. The average molecular weight is 406 g/mol. The minimum Gasteiger partial charge on any atom is -0.313 e. The summed E-state index contributed by atoms with van der Waals surface area (Å²) in [6.45, 7) is 0. The number of aromatic nitrogens is 2. The Morgan fingerprint density at radius 3 is 2.46 bits per heavy atom. The molecule has 10 heteroatoms. The van der Waals surface area contributed by atoms with E-state index in [2.05, 4.69) is 9.97 Å². The fraction of sp³-hybridized carbons (Fsp3) is 0.111. The third kappa shape index (κ3) is 4.39. The molecule has 3 rings (SSSR count). The summed E-state index contributed by atoms with van der Waals surface area (Å²) < 4.78 is 40.1. The van der Waals surface area contributed by atoms with Crippen LogP contribution < -0.4 is 4.90 Å². The number of hydrogen-bond donors (Lipinski definition) is 0. The van der Waals surface area contributed by atoms with Crippen molar-refractivity contribution in [1.82, 2.24) is 9.97 Å². The Kier molecular flexibility index (Phi) is 5.50. The quantitative estimate of drug-likeness (QED) is 0.324. The molecule has 0 spiro atoms. The van der Waals surface area contributed by atoms with Crippen LogP contribution in [0.2, 0.25) is 0 Å². The minimum absolute atomic E-state index is 0.00747. The first-order valence-corrected chi connectivity index (χ1v) is 8.72. The van der Waals surface area contributed by atoms with Crippen LogP contribution >= 0.6 is 11.8 Å². The van der Waals surface area contributed by atoms with Crippen molar-refractivity contribution in [3.63, 3.8) is 0 Å². The SMILES string of the molecule is CN(c1cccc([N+](=O)[O-])c1)c1ncc(C(F)(F)F)c(Sc2ccccc2)n1. The predicted octanol–water partition coefficient (Wildman–Crippen LogP) is 5.32. The van der Waals surface area contributed by atoms with Gasteiger partial charge in [-0.3, -0.25) is 10.1 Å². The first kappa shape index (κ1) is 19.6. The van der Waals surface area contributed by atoms with E-state index in [1.807, 2.05) is 0 Å². The van der Waals surface area contributed by atoms with Crippen LogP contribution in [0, 0.1) is 10.1 Å². The number of non-ortho nitro benzene ring substituents is 1. The van der Waals surface area contributed by atoms with Gasteiger partial charge in [-0.1, -0.05) is 36.0 Å². The highest BCUT2D eigenvalue weighted by Gasteiger charge is 2.35. The van der Waals surface area contributed by atoms with E-state index in [1.165, 1.54) is 30.1 Å². The molecule has 0 N–H and O–H groups in total. The van der Waals surface area contributed by atoms with Crippen molar-refractivity contribution in [2.45, 2.75) is 16.1 Å². The largest absolute Gasteiger partial charge is 0.420 e. The molecule has 0 unspecified atom stereocenters. The van der Waals surface area contributed by atoms with Crippen LogP contribution in [0.25, 0.3) is 0 Å². The van der Waals surface area contributed by atoms with Gasteiger partial charge in [-0.2, -0.15) is 13.2 Å². The van der Waals surface area contributed by atoms with Gasteiger partial charge in [0.25, 0.3) is 5.69 Å². The molecule has 0 saturated carbocycles. The zero-order chi connectivity index (χ0) is 20.3. The molecule has 0 amide bonds. The van der Waals surface area contributed by atoms with Crippen LogP contribution in [-0.2, 0) is 6.18 Å². The van der Waals surface area contributed by atoms with Gasteiger partial charge in [0.15, 0.2) is 0 Å². The maximum atomic E-state index is 13.4. The predicted molar refractivity (Wildman–Crippen MR) is 98.8 cm³/mol. The molecule has 0 aliphatic heterocycles. The minimum atomic E-state index is -4.61. The van der Waals surface area contributed by atoms with Crippen molar-refractivity contribution < 1.29 is 18.1 Å². The van der Waals surface area contributed by atoms with E-state index in [0.29, 0.717) is 10.6 Å². The maximum Gasteiger partial charge on any atom is 0.420 e. The van der Waals surface area contributed by atoms with E-state index in [0.717, 1.165) is 18.0 Å². The lowest BCUT2D eigenvalue weighted by atomic mass is 10.2. The third-order valence-corrected chi connectivity index (χ3v) is 4.74. The van der Waals surface area contributed by atoms with Gasteiger partial charge >= 0.3 is 6.18 Å². The van der Waals surface area contributed by atoms with E-state index in [4.69, 9.17) is 0 Å². The fourth-order valence-electron chi connectivity index (χ4n) is 2.32. The van der Waals surface area contributed by atoms with E-state index in [1.54, 1.807) is 36.4 Å². The van der Waals surface area contributed by atoms with Gasteiger partial charge in [-0.05, 0) is 18.2 Å². The van der Waals surface area contributed by atoms with Gasteiger partial charge in [0, 0.05) is 30.3 Å². The zero-order valence-electron chi connectivity index (χ0n) is 14.4. The summed E-state index contributed by atoms with van der Waals surface area (Å²) in [6, 6.07) is 14.2. The number of halogens is 3. The molecule has 0 radical (unpaired) electrons. The smallest absolute Gasteiger partial charge is 0.313 e. The topological polar surface area (TPSA) is 72.2 Å². The molecule has 1 heterocycles. The van der Waals surface area contributed by atoms with Crippen molar-refractivity contribution in [2.75, 3.05) is 11.9 Å². The summed E-state index contributed by atoms with van der Waals surface area (Å²) in [5.41, 5.74) is -0.711. The Hall–Kier alpha value is -3.14. The summed E-state index contributed by atoms with van der Waals surface area (Å²) in [5.74, 6) is -0.00747. The Balaban J connectivity index is 2.01. The van der Waals surface area contributed by atoms with Crippen molar-refractivity contribution in [2.24, 2.45) is 0 Å². The van der Waals surface area contributed by atoms with Crippen molar-refractivity contribution in [1.29, 1.82) is 0 Å². The summed E-state index contributed by atoms with van der Waals surface area (Å²) in [4.78, 5) is 20.3. The van der Waals surface area contributed by atoms with Crippen LogP contribution in [0.15, 0.2) is 70.7 Å². The second kappa shape index (κ2) is 7.85. The summed E-state index contributed by atoms with van der Waals surface area (Å²) in [6.07, 6.45) is -3.89. The van der Waals surface area contributed by atoms with Gasteiger partial charge < -0.3 is 4.90 Å². The van der Waals surface area contributed by atoms with Gasteiger partial charge in [-0.25, -0.2) is 9.97 Å². The van der Waals surface area contributed by atoms with Crippen LogP contribution in [0.1, 0.15) is 5.56 Å². The molecule has 0 saturated heterocycles. The fourth-order valence-corrected chi connectivity index (χ4v) is 3.24. The normalized spacial score (nSPS) is 11.3. The summed E-state index contributed by atoms with van der Waals surface area (Å²) >= 11 is 0.870. The number of nitro groups is 1. The molecule has 6 nitrogen and oxygen atoms in total. The highest BCUT2D eigenvalue weighted by molar-refractivity contribution is 7.99. The lowest BCUT2D eigenvalue weighted by molar-refractivity contribution is -0.384. The van der Waals surface area contributed by atoms with E-state index >= 15 is 0 Å². The van der Waals surface area contributed by atoms with E-state index < -0.39 is 16.7 Å². The number of alkyl halides is 3. The Morgan fingerprint density at radius 2 is 1.82 bits per heavy atom. The molecular weight excluding hydrogens is 393 g/mol. The van der Waals surface area contributed by atoms with Crippen LogP contribution in [0.3, 0.4) is 0 Å². The van der Waals surface area contributed by atoms with E-state index in [9.17, 15) is 23.3 Å². The first-order chi connectivity index (χ1) is 13.3. The first-order valence-electron chi connectivity index (χ1n) is 7.91. The molecular formula is C18H13F3N4O2S. The number of hydrogen-bond acceptors (Lipinski definition) is 6. The molecule has 1 aromatic heterocycles. The molecule has 0 aliphatic carbocycles. The Morgan fingerprint density at radius 1 is 1.11 bits per heavy atom. The van der Waals surface area contributed by atoms with Crippen LogP contribution in [0.4, 0.5) is 30.5 Å². The van der Waals surface area contributed by atoms with Gasteiger partial charge in [-0.15, -0.1) is 0 Å². The summed E-state index contributed by atoms with van der Waals surface area (Å²) in [5, 5.41) is 10.7. The highest BCUT2D eigenvalue weighted by atomic mass is 32.2. The number of nitrogens with zero attached hydrogens (tertiary/aromatic N) is 4. The zero-order valence-corrected chi connectivity index (χ0v) is 15.2. The Labute approximate surface area is 162 Å². The molecule has 2 aromatic carbocycles. The average Bonchev–Trinajstić information content (AvgIpc) is 2.67. The number of anilines is 2. The van der Waals surface area contributed by atoms with Gasteiger partial charge in [0.05, 0.1) is 10.6 Å². The molecule has 144 valence electrons. The Bertz CT molecular complexity index is 1000. The molecule has 28 heavy (non-hydrogen) atoms. The number of nitro benzene ring substituents is 1. The second-order valence-electron chi connectivity index (χ2n) is 5.64. The van der Waals surface area contributed by atoms with Crippen molar-refractivity contribution >= 4 is 29.1 Å². The lowest BCUT2D eigenvalue weighted by Gasteiger charge is -2.19. The number of benzene rings is 2. The van der Waals surface area contributed by atoms with E-state index in [-0.39, 0.29) is 16.7 Å². The van der Waals surface area contributed by atoms with Gasteiger partial charge in [0.2, 0.25) is 5.95 Å². The molecule has 0 atom stereocenters. The van der Waals surface area contributed by atoms with Crippen molar-refractivity contribution in [3.05, 3.63) is 76.5 Å². The van der Waals surface area contributed by atoms with Crippen molar-refractivity contribution in [3.8, 4) is 0 Å². The maximum absolute atomic E-state index is 13.4. The second-order valence-corrected chi connectivity index (χ2v) is 6.70. The summed E-state index contributed by atoms with van der Waals surface area (Å²) in [7, 11) is 1.53.